The van der Waals surface area contributed by atoms with Crippen LogP contribution < -0.4 is 0 Å². The normalized spacial score (nSPS) is 13.9. The van der Waals surface area contributed by atoms with E-state index in [0.717, 1.165) is 12.1 Å². The summed E-state index contributed by atoms with van der Waals surface area (Å²) in [7, 11) is 0. The van der Waals surface area contributed by atoms with E-state index in [4.69, 9.17) is 0 Å². The number of nitrogens with zero attached hydrogens (tertiary/aromatic N) is 10. The zero-order valence-corrected chi connectivity index (χ0v) is 56.1. The predicted molar refractivity (Wildman–Crippen MR) is 334 cm³/mol. The van der Waals surface area contributed by atoms with E-state index in [9.17, 15) is 160 Å². The van der Waals surface area contributed by atoms with E-state index < -0.39 is 260 Å². The molecule has 0 radical (unpaired) electrons. The Morgan fingerprint density at radius 2 is 0.288 bits per heavy atom. The van der Waals surface area contributed by atoms with Crippen LogP contribution in [0.1, 0.15) is 153 Å². The van der Waals surface area contributed by atoms with E-state index in [-0.39, 0.29) is 16.7 Å². The molecule has 0 spiro atoms. The van der Waals surface area contributed by atoms with Crippen molar-refractivity contribution in [2.24, 2.45) is 0 Å². The van der Waals surface area contributed by atoms with Crippen molar-refractivity contribution in [2.75, 3.05) is 0 Å². The monoisotopic (exact) mass is 1690 g/mol. The Morgan fingerprint density at radius 1 is 0.153 bits per heavy atom. The van der Waals surface area contributed by atoms with Crippen molar-refractivity contribution in [3.05, 3.63) is 270 Å². The van der Waals surface area contributed by atoms with Crippen LogP contribution in [0, 0.1) is 0 Å². The molecule has 0 atom stereocenters. The summed E-state index contributed by atoms with van der Waals surface area (Å²) in [4.78, 5) is 112. The van der Waals surface area contributed by atoms with E-state index >= 15 is 0 Å². The highest BCUT2D eigenvalue weighted by atomic mass is 19.4. The number of benzene rings is 6. The number of carbonyl (C=O) groups excluding carboxylic acids is 6. The largest absolute Gasteiger partial charge is 0.435 e. The molecular weight excluding hydrogens is 1670 g/mol. The van der Waals surface area contributed by atoms with Crippen LogP contribution in [0.15, 0.2) is 146 Å². The number of halogens is 30. The average Bonchev–Trinajstić information content (AvgIpc) is 0.734. The zero-order chi connectivity index (χ0) is 87.0. The molecule has 3 aliphatic rings. The minimum Gasteiger partial charge on any atom is -0.287 e. The number of ketones is 6. The van der Waals surface area contributed by atoms with Crippen LogP contribution in [0.25, 0.3) is 56.3 Å². The van der Waals surface area contributed by atoms with Crippen LogP contribution in [0.5, 0.6) is 0 Å². The lowest BCUT2D eigenvalue weighted by Gasteiger charge is -2.21. The standard InChI is InChI=1S/2C26H8F12N4O2.C20H8F6N2O2/c27-23(28,29)11-5-1-9(2-6-11)13-21(25(33,34)35)41-17-15(39-13)19(43)18-16(20(17)44)40-14(22(42-18)26(36,37)38)10-3-7-12(8-4-10)24(30,31)32;27-23(28,29)11-5-1-9(2-6-11)13-21(25(33,34)35)41-17-15(39-13)19(43)16-18(20(17)44)42-22(26(36,37)38)14(40-16)10-3-7-12(8-4-10)24(30,31)32;21-19(22,23)10-7-5-9(6-8-10)13-18(20(24,25)26)28-15-14(27-13)16(29)11-3-1-2-4-12(11)17(15)30/h2*1-8H;1-8H. The molecule has 11 aromatic rings. The third kappa shape index (κ3) is 16.2. The first-order valence-electron chi connectivity index (χ1n) is 31.6. The molecule has 5 heterocycles. The van der Waals surface area contributed by atoms with Crippen LogP contribution in [-0.4, -0.2) is 84.5 Å². The summed E-state index contributed by atoms with van der Waals surface area (Å²) in [6, 6.07) is 16.3. The fraction of sp³-hybridized carbons (Fsp3) is 0.139. The Morgan fingerprint density at radius 3 is 0.432 bits per heavy atom. The summed E-state index contributed by atoms with van der Waals surface area (Å²) in [5.41, 5.74) is -35.2. The fourth-order valence-corrected chi connectivity index (χ4v) is 11.4. The third-order valence-corrected chi connectivity index (χ3v) is 16.8. The van der Waals surface area contributed by atoms with Crippen molar-refractivity contribution >= 4 is 34.7 Å². The molecule has 3 aliphatic carbocycles. The van der Waals surface area contributed by atoms with Crippen LogP contribution in [0.2, 0.25) is 0 Å². The second-order valence-electron chi connectivity index (χ2n) is 24.5. The second-order valence-corrected chi connectivity index (χ2v) is 24.5. The van der Waals surface area contributed by atoms with Gasteiger partial charge in [-0.1, -0.05) is 84.9 Å². The van der Waals surface area contributed by atoms with E-state index in [2.05, 4.69) is 49.8 Å². The molecule has 0 bridgehead atoms. The Balaban J connectivity index is 0.000000166. The molecule has 16 nitrogen and oxygen atoms in total. The van der Waals surface area contributed by atoms with Gasteiger partial charge in [-0.25, -0.2) is 49.8 Å². The van der Waals surface area contributed by atoms with Crippen molar-refractivity contribution < 1.29 is 160 Å². The van der Waals surface area contributed by atoms with Crippen LogP contribution >= 0.6 is 0 Å². The molecule has 14 rings (SSSR count). The molecule has 0 aliphatic heterocycles. The number of rotatable bonds is 5. The zero-order valence-electron chi connectivity index (χ0n) is 56.1. The van der Waals surface area contributed by atoms with Gasteiger partial charge in [-0.15, -0.1) is 0 Å². The molecule has 118 heavy (non-hydrogen) atoms. The molecular formula is C72H24F30N10O6. The molecule has 0 saturated carbocycles. The van der Waals surface area contributed by atoms with Crippen LogP contribution in [0.3, 0.4) is 0 Å². The lowest BCUT2D eigenvalue weighted by Crippen LogP contribution is -2.30. The van der Waals surface area contributed by atoms with Crippen molar-refractivity contribution in [3.63, 3.8) is 0 Å². The van der Waals surface area contributed by atoms with Gasteiger partial charge >= 0.3 is 61.8 Å². The number of hydrogen-bond donors (Lipinski definition) is 0. The molecule has 0 amide bonds. The summed E-state index contributed by atoms with van der Waals surface area (Å²) >= 11 is 0. The molecule has 0 unspecified atom stereocenters. The van der Waals surface area contributed by atoms with Crippen molar-refractivity contribution in [1.29, 1.82) is 0 Å². The molecule has 46 heteroatoms. The van der Waals surface area contributed by atoms with Crippen molar-refractivity contribution in [3.8, 4) is 56.3 Å². The van der Waals surface area contributed by atoms with Crippen LogP contribution in [-0.2, 0) is 61.8 Å². The summed E-state index contributed by atoms with van der Waals surface area (Å²) in [6.07, 6.45) is -50.9. The van der Waals surface area contributed by atoms with E-state index in [1.54, 1.807) is 0 Å². The first-order chi connectivity index (χ1) is 54.3. The smallest absolute Gasteiger partial charge is 0.287 e. The summed E-state index contributed by atoms with van der Waals surface area (Å²) in [5.74, 6) is -8.18. The number of carbonyl (C=O) groups is 6. The van der Waals surface area contributed by atoms with Gasteiger partial charge in [0.05, 0.1) is 27.8 Å². The SMILES string of the molecule is O=C1c2ccccc2C(=O)c2nc(C(F)(F)F)c(-c3ccc(C(F)(F)F)cc3)nc21.O=C1c2nc(-c3ccc(C(F)(F)F)cc3)c(C(F)(F)F)nc2C(=O)c2nc(-c3ccc(C(F)(F)F)cc3)c(C(F)(F)F)nc21.O=C1c2nc(-c3ccc(C(F)(F)F)cc3)c(C(F)(F)F)nc2C(=O)c2nc(C(F)(F)F)c(-c3ccc(C(F)(F)F)cc3)nc21. The Kier molecular flexibility index (Phi) is 20.5. The highest BCUT2D eigenvalue weighted by Crippen LogP contribution is 2.47. The van der Waals surface area contributed by atoms with Gasteiger partial charge in [0, 0.05) is 38.9 Å². The minimum atomic E-state index is -5.42. The highest BCUT2D eigenvalue weighted by molar-refractivity contribution is 6.28. The number of alkyl halides is 30. The van der Waals surface area contributed by atoms with Crippen molar-refractivity contribution in [2.45, 2.75) is 61.8 Å². The molecule has 6 aromatic carbocycles. The van der Waals surface area contributed by atoms with Gasteiger partial charge in [0.15, 0.2) is 28.5 Å². The van der Waals surface area contributed by atoms with Gasteiger partial charge in [-0.3, -0.25) is 28.8 Å². The lowest BCUT2D eigenvalue weighted by molar-refractivity contribution is -0.141. The summed E-state index contributed by atoms with van der Waals surface area (Å²) < 4.78 is 402. The van der Waals surface area contributed by atoms with E-state index in [0.29, 0.717) is 109 Å². The van der Waals surface area contributed by atoms with Crippen molar-refractivity contribution in [1.82, 2.24) is 49.8 Å². The number of hydrogen-bond acceptors (Lipinski definition) is 16. The first kappa shape index (κ1) is 84.0. The fourth-order valence-electron chi connectivity index (χ4n) is 11.4. The first-order valence-corrected chi connectivity index (χ1v) is 31.6. The highest BCUT2D eigenvalue weighted by Gasteiger charge is 2.50. The van der Waals surface area contributed by atoms with Gasteiger partial charge in [-0.2, -0.15) is 132 Å². The Hall–Kier alpha value is -13.4. The lowest BCUT2D eigenvalue weighted by atomic mass is 9.89. The van der Waals surface area contributed by atoms with Gasteiger partial charge in [0.1, 0.15) is 85.4 Å². The maximum Gasteiger partial charge on any atom is 0.435 e. The second kappa shape index (κ2) is 28.8. The van der Waals surface area contributed by atoms with Gasteiger partial charge in [0.25, 0.3) is 0 Å². The number of fused-ring (bicyclic) bond motifs is 6. The van der Waals surface area contributed by atoms with Gasteiger partial charge in [-0.05, 0) is 60.7 Å². The van der Waals surface area contributed by atoms with Gasteiger partial charge < -0.3 is 0 Å². The number of aromatic nitrogens is 10. The minimum absolute atomic E-state index is 0.0394. The Bertz CT molecular complexity index is 5720. The third-order valence-electron chi connectivity index (χ3n) is 16.8. The Labute approximate surface area is 631 Å². The molecule has 5 aromatic heterocycles. The topological polar surface area (TPSA) is 231 Å². The summed E-state index contributed by atoms with van der Waals surface area (Å²) in [5, 5.41) is 0. The molecule has 0 fully saturated rings. The van der Waals surface area contributed by atoms with Crippen LogP contribution in [0.4, 0.5) is 132 Å². The maximum absolute atomic E-state index is 14.0. The van der Waals surface area contributed by atoms with E-state index in [1.807, 2.05) is 0 Å². The quantitative estimate of drug-likeness (QED) is 0.146. The molecule has 0 N–H and O–H groups in total. The molecule has 608 valence electrons. The predicted octanol–water partition coefficient (Wildman–Crippen LogP) is 19.9. The molecule has 0 saturated heterocycles. The average molecular weight is 1690 g/mol. The maximum atomic E-state index is 14.0. The van der Waals surface area contributed by atoms with E-state index in [1.165, 1.54) is 24.3 Å². The summed E-state index contributed by atoms with van der Waals surface area (Å²) in [6.45, 7) is 0. The van der Waals surface area contributed by atoms with Gasteiger partial charge in [0.2, 0.25) is 34.7 Å².